The highest BCUT2D eigenvalue weighted by Crippen LogP contribution is 2.28. The van der Waals surface area contributed by atoms with Crippen molar-refractivity contribution in [2.45, 2.75) is 62.5 Å². The second-order valence-corrected chi connectivity index (χ2v) is 13.5. The molecule has 1 unspecified atom stereocenters. The second kappa shape index (κ2) is 14.4. The molecule has 0 aliphatic heterocycles. The molecule has 1 amide bonds. The third-order valence-corrected chi connectivity index (χ3v) is 9.58. The standard InChI is InChI=1S/C35H37N3O6S/c1-3-45(2,42)28-16-11-15-26(20-28)29-17-8-7-14-27(29)24-44-34-21-31(35(40)41)37-38(34)22-33(39)36-30-18-9-10-19-32(30)43-23-25-12-5-4-6-13-25/h4-8,11-17,20-21,30,32H,1,9-10,18-19,22-24H2,2H3,(H,36,39)(H,40,41)/t30-,32-,45?/m0/s1. The Morgan fingerprint density at radius 3 is 2.56 bits per heavy atom. The predicted octanol–water partition coefficient (Wildman–Crippen LogP) is 5.33. The van der Waals surface area contributed by atoms with Gasteiger partial charge in [-0.1, -0.05) is 84.6 Å². The van der Waals surface area contributed by atoms with Gasteiger partial charge in [0.2, 0.25) is 11.8 Å². The normalized spacial score (nSPS) is 17.5. The number of aromatic carboxylic acids is 1. The van der Waals surface area contributed by atoms with Crippen molar-refractivity contribution in [1.82, 2.24) is 15.1 Å². The number of nitrogens with zero attached hydrogens (tertiary/aromatic N) is 2. The predicted molar refractivity (Wildman–Crippen MR) is 174 cm³/mol. The minimum absolute atomic E-state index is 0.0832. The number of benzene rings is 3. The maximum absolute atomic E-state index is 13.2. The summed E-state index contributed by atoms with van der Waals surface area (Å²) in [6.07, 6.45) is 5.13. The van der Waals surface area contributed by atoms with E-state index in [0.29, 0.717) is 11.5 Å². The van der Waals surface area contributed by atoms with Gasteiger partial charge in [0.05, 0.1) is 18.8 Å². The molecule has 2 N–H and O–H groups in total. The van der Waals surface area contributed by atoms with Crippen LogP contribution in [0.25, 0.3) is 11.1 Å². The van der Waals surface area contributed by atoms with Crippen LogP contribution in [-0.2, 0) is 38.8 Å². The SMILES string of the molecule is C=C=S(C)(=O)c1cccc(-c2ccccc2COc2cc(C(=O)O)nn2CC(=O)N[C@H]2CCCC[C@@H]2OCc2ccccc2)c1. The molecule has 0 spiro atoms. The first-order chi connectivity index (χ1) is 21.7. The van der Waals surface area contributed by atoms with E-state index >= 15 is 0 Å². The van der Waals surface area contributed by atoms with E-state index < -0.39 is 15.5 Å². The summed E-state index contributed by atoms with van der Waals surface area (Å²) in [5, 5.41) is 19.5. The Morgan fingerprint density at radius 1 is 1.02 bits per heavy atom. The molecular weight excluding hydrogens is 590 g/mol. The van der Waals surface area contributed by atoms with Crippen molar-refractivity contribution in [2.75, 3.05) is 6.26 Å². The highest BCUT2D eigenvalue weighted by molar-refractivity contribution is 8.00. The lowest BCUT2D eigenvalue weighted by Gasteiger charge is -2.32. The summed E-state index contributed by atoms with van der Waals surface area (Å²) < 4.78 is 26.4. The van der Waals surface area contributed by atoms with Gasteiger partial charge in [-0.3, -0.25) is 9.00 Å². The lowest BCUT2D eigenvalue weighted by Crippen LogP contribution is -2.47. The van der Waals surface area contributed by atoms with Crippen LogP contribution in [-0.4, -0.2) is 54.4 Å². The number of hydrogen-bond donors (Lipinski definition) is 2. The van der Waals surface area contributed by atoms with Crippen molar-refractivity contribution >= 4 is 26.4 Å². The van der Waals surface area contributed by atoms with Crippen molar-refractivity contribution < 1.29 is 28.4 Å². The van der Waals surface area contributed by atoms with Crippen molar-refractivity contribution in [3.05, 3.63) is 108 Å². The van der Waals surface area contributed by atoms with E-state index in [-0.39, 0.29) is 42.8 Å². The van der Waals surface area contributed by atoms with Crippen LogP contribution >= 0.6 is 0 Å². The Bertz CT molecular complexity index is 1800. The molecule has 45 heavy (non-hydrogen) atoms. The van der Waals surface area contributed by atoms with E-state index in [1.54, 1.807) is 12.3 Å². The number of carbonyl (C=O) groups excluding carboxylic acids is 1. The fourth-order valence-electron chi connectivity index (χ4n) is 5.43. The minimum Gasteiger partial charge on any atom is -0.476 e. The smallest absolute Gasteiger partial charge is 0.356 e. The number of amides is 1. The number of hydrogen-bond acceptors (Lipinski definition) is 6. The molecule has 1 heterocycles. The molecule has 5 rings (SSSR count). The minimum atomic E-state index is -2.51. The molecular formula is C35H37N3O6S. The van der Waals surface area contributed by atoms with E-state index in [9.17, 15) is 18.9 Å². The van der Waals surface area contributed by atoms with Crippen molar-refractivity contribution in [2.24, 2.45) is 0 Å². The van der Waals surface area contributed by atoms with Gasteiger partial charge in [-0.25, -0.2) is 9.48 Å². The molecule has 0 radical (unpaired) electrons. The van der Waals surface area contributed by atoms with Crippen LogP contribution in [0.5, 0.6) is 5.88 Å². The third kappa shape index (κ3) is 8.10. The number of nitrogens with one attached hydrogen (secondary N) is 1. The highest BCUT2D eigenvalue weighted by atomic mass is 32.2. The Hall–Kier alpha value is -4.63. The van der Waals surface area contributed by atoms with E-state index in [1.807, 2.05) is 72.8 Å². The van der Waals surface area contributed by atoms with Crippen LogP contribution in [0.2, 0.25) is 0 Å². The zero-order chi connectivity index (χ0) is 31.8. The Morgan fingerprint density at radius 2 is 1.78 bits per heavy atom. The first kappa shape index (κ1) is 31.8. The molecule has 234 valence electrons. The molecule has 10 heteroatoms. The van der Waals surface area contributed by atoms with Crippen LogP contribution < -0.4 is 10.1 Å². The van der Waals surface area contributed by atoms with Crippen LogP contribution in [0, 0.1) is 0 Å². The molecule has 0 saturated heterocycles. The molecule has 4 aromatic rings. The fraction of sp³-hybridized carbons (Fsp3) is 0.286. The van der Waals surface area contributed by atoms with Crippen molar-refractivity contribution in [3.63, 3.8) is 0 Å². The van der Waals surface area contributed by atoms with Crippen LogP contribution in [0.15, 0.2) is 96.4 Å². The molecule has 1 aliphatic carbocycles. The van der Waals surface area contributed by atoms with Gasteiger partial charge in [-0.15, -0.1) is 0 Å². The average molecular weight is 628 g/mol. The summed E-state index contributed by atoms with van der Waals surface area (Å²) in [6.45, 7) is 3.92. The summed E-state index contributed by atoms with van der Waals surface area (Å²) in [5.41, 5.74) is 3.36. The van der Waals surface area contributed by atoms with E-state index in [4.69, 9.17) is 9.47 Å². The zero-order valence-corrected chi connectivity index (χ0v) is 26.0. The number of rotatable bonds is 12. The average Bonchev–Trinajstić information content (AvgIpc) is 3.46. The van der Waals surface area contributed by atoms with E-state index in [0.717, 1.165) is 47.9 Å². The molecule has 1 saturated carbocycles. The first-order valence-electron chi connectivity index (χ1n) is 14.8. The summed E-state index contributed by atoms with van der Waals surface area (Å²) in [7, 11) is -2.51. The van der Waals surface area contributed by atoms with Crippen LogP contribution in [0.4, 0.5) is 0 Å². The van der Waals surface area contributed by atoms with Gasteiger partial charge < -0.3 is 19.9 Å². The summed E-state index contributed by atoms with van der Waals surface area (Å²) in [5.74, 6) is -1.37. The van der Waals surface area contributed by atoms with Crippen molar-refractivity contribution in [1.29, 1.82) is 0 Å². The number of carbonyl (C=O) groups is 2. The second-order valence-electron chi connectivity index (χ2n) is 11.1. The lowest BCUT2D eigenvalue weighted by molar-refractivity contribution is -0.124. The quantitative estimate of drug-likeness (QED) is 0.204. The van der Waals surface area contributed by atoms with Gasteiger partial charge in [0.15, 0.2) is 5.69 Å². The molecule has 9 nitrogen and oxygen atoms in total. The van der Waals surface area contributed by atoms with Gasteiger partial charge >= 0.3 is 5.97 Å². The number of ether oxygens (including phenoxy) is 2. The monoisotopic (exact) mass is 627 g/mol. The molecule has 0 bridgehead atoms. The molecule has 3 atom stereocenters. The summed E-state index contributed by atoms with van der Waals surface area (Å²) in [6, 6.07) is 26.1. The largest absolute Gasteiger partial charge is 0.476 e. The highest BCUT2D eigenvalue weighted by Gasteiger charge is 2.28. The number of carboxylic acids is 1. The first-order valence-corrected chi connectivity index (χ1v) is 16.8. The van der Waals surface area contributed by atoms with E-state index in [2.05, 4.69) is 22.0 Å². The van der Waals surface area contributed by atoms with Crippen LogP contribution in [0.3, 0.4) is 0 Å². The van der Waals surface area contributed by atoms with Gasteiger partial charge in [0, 0.05) is 26.7 Å². The molecule has 1 fully saturated rings. The van der Waals surface area contributed by atoms with Gasteiger partial charge in [-0.2, -0.15) is 5.10 Å². The van der Waals surface area contributed by atoms with E-state index in [1.165, 1.54) is 10.7 Å². The van der Waals surface area contributed by atoms with Gasteiger partial charge in [0.1, 0.15) is 13.2 Å². The topological polar surface area (TPSA) is 120 Å². The maximum Gasteiger partial charge on any atom is 0.356 e. The summed E-state index contributed by atoms with van der Waals surface area (Å²) in [4.78, 5) is 25.6. The van der Waals surface area contributed by atoms with Gasteiger partial charge in [-0.05, 0) is 53.8 Å². The molecule has 3 aromatic carbocycles. The Kier molecular flexibility index (Phi) is 10.2. The fourth-order valence-corrected chi connectivity index (χ4v) is 6.29. The maximum atomic E-state index is 13.2. The third-order valence-electron chi connectivity index (χ3n) is 7.87. The number of carboxylic acid groups (broad SMARTS) is 1. The molecule has 1 aliphatic rings. The van der Waals surface area contributed by atoms with Crippen molar-refractivity contribution in [3.8, 4) is 17.0 Å². The summed E-state index contributed by atoms with van der Waals surface area (Å²) >= 11 is 0. The van der Waals surface area contributed by atoms with Crippen LogP contribution in [0.1, 0.15) is 47.3 Å². The Balaban J connectivity index is 1.29. The zero-order valence-electron chi connectivity index (χ0n) is 25.2. The lowest BCUT2D eigenvalue weighted by atomic mass is 9.92. The van der Waals surface area contributed by atoms with Gasteiger partial charge in [0.25, 0.3) is 0 Å². The number of aromatic nitrogens is 2. The molecule has 1 aromatic heterocycles. The Labute approximate surface area is 263 Å².